The number of amides is 2. The molecule has 2 rings (SSSR count). The fourth-order valence-electron chi connectivity index (χ4n) is 2.25. The van der Waals surface area contributed by atoms with Crippen molar-refractivity contribution in [3.05, 3.63) is 53.6 Å². The van der Waals surface area contributed by atoms with Crippen LogP contribution in [0.4, 0.5) is 14.5 Å². The summed E-state index contributed by atoms with van der Waals surface area (Å²) in [6, 6.07) is 7.12. The monoisotopic (exact) mass is 412 g/mol. The van der Waals surface area contributed by atoms with Gasteiger partial charge in [-0.25, -0.2) is 17.2 Å². The molecule has 0 bridgehead atoms. The number of nitrogens with one attached hydrogen (secondary N) is 1. The van der Waals surface area contributed by atoms with Gasteiger partial charge in [0.2, 0.25) is 5.91 Å². The first kappa shape index (κ1) is 21.3. The Kier molecular flexibility index (Phi) is 6.68. The van der Waals surface area contributed by atoms with Crippen molar-refractivity contribution in [1.82, 2.24) is 0 Å². The average molecular weight is 412 g/mol. The summed E-state index contributed by atoms with van der Waals surface area (Å²) in [6.45, 7) is 0.157. The molecule has 7 nitrogen and oxygen atoms in total. The number of sulfone groups is 1. The van der Waals surface area contributed by atoms with E-state index in [-0.39, 0.29) is 30.0 Å². The zero-order chi connectivity index (χ0) is 20.9. The molecule has 3 N–H and O–H groups in total. The Morgan fingerprint density at radius 3 is 2.32 bits per heavy atom. The second-order valence-electron chi connectivity index (χ2n) is 5.92. The minimum Gasteiger partial charge on any atom is -0.494 e. The first-order valence-corrected chi connectivity index (χ1v) is 9.98. The molecule has 0 aliphatic carbocycles. The molecule has 2 aromatic rings. The highest BCUT2D eigenvalue weighted by atomic mass is 32.2. The van der Waals surface area contributed by atoms with Gasteiger partial charge in [-0.3, -0.25) is 9.59 Å². The molecule has 10 heteroatoms. The van der Waals surface area contributed by atoms with E-state index < -0.39 is 38.8 Å². The molecule has 0 heterocycles. The summed E-state index contributed by atoms with van der Waals surface area (Å²) < 4.78 is 55.3. The maximum absolute atomic E-state index is 13.7. The number of hydrogen-bond donors (Lipinski definition) is 2. The molecule has 2 amide bonds. The van der Waals surface area contributed by atoms with Crippen molar-refractivity contribution in [2.45, 2.75) is 17.7 Å². The lowest BCUT2D eigenvalue weighted by Crippen LogP contribution is -2.17. The van der Waals surface area contributed by atoms with Gasteiger partial charge in [0.05, 0.1) is 22.8 Å². The Morgan fingerprint density at radius 1 is 1.11 bits per heavy atom. The molecule has 0 unspecified atom stereocenters. The second-order valence-corrected chi connectivity index (χ2v) is 7.94. The second kappa shape index (κ2) is 8.79. The summed E-state index contributed by atoms with van der Waals surface area (Å²) in [5.41, 5.74) is 4.11. The van der Waals surface area contributed by atoms with Crippen LogP contribution in [-0.2, 0) is 14.6 Å². The smallest absolute Gasteiger partial charge is 0.251 e. The van der Waals surface area contributed by atoms with Crippen LogP contribution in [0, 0.1) is 11.6 Å². The quantitative estimate of drug-likeness (QED) is 0.646. The predicted molar refractivity (Wildman–Crippen MR) is 97.8 cm³/mol. The Bertz CT molecular complexity index is 992. The number of primary amides is 1. The number of ether oxygens (including phenoxy) is 1. The molecule has 0 radical (unpaired) electrons. The van der Waals surface area contributed by atoms with Crippen molar-refractivity contribution >= 4 is 27.3 Å². The molecule has 0 fully saturated rings. The van der Waals surface area contributed by atoms with Crippen molar-refractivity contribution in [3.63, 3.8) is 0 Å². The molecule has 0 spiro atoms. The fraction of sp³-hybridized carbons (Fsp3) is 0.222. The summed E-state index contributed by atoms with van der Waals surface area (Å²) in [4.78, 5) is 23.1. The average Bonchev–Trinajstić information content (AvgIpc) is 2.60. The minimum absolute atomic E-state index is 0.0237. The normalized spacial score (nSPS) is 11.1. The fourth-order valence-corrected chi connectivity index (χ4v) is 2.88. The van der Waals surface area contributed by atoms with Gasteiger partial charge in [-0.2, -0.15) is 0 Å². The van der Waals surface area contributed by atoms with Crippen LogP contribution >= 0.6 is 0 Å². The lowest BCUT2D eigenvalue weighted by atomic mass is 10.1. The molecule has 150 valence electrons. The van der Waals surface area contributed by atoms with Gasteiger partial charge in [-0.15, -0.1) is 0 Å². The summed E-state index contributed by atoms with van der Waals surface area (Å²) in [5.74, 6) is -3.35. The maximum Gasteiger partial charge on any atom is 0.251 e. The van der Waals surface area contributed by atoms with E-state index in [9.17, 15) is 26.8 Å². The van der Waals surface area contributed by atoms with Gasteiger partial charge in [0.15, 0.2) is 9.84 Å². The van der Waals surface area contributed by atoms with Crippen LogP contribution in [0.5, 0.6) is 5.75 Å². The molecule has 0 atom stereocenters. The zero-order valence-corrected chi connectivity index (χ0v) is 15.7. The zero-order valence-electron chi connectivity index (χ0n) is 14.9. The molecule has 0 aromatic heterocycles. The molecule has 0 aliphatic heterocycles. The minimum atomic E-state index is -3.29. The van der Waals surface area contributed by atoms with Crippen LogP contribution < -0.4 is 15.8 Å². The molecule has 2 aromatic carbocycles. The third-order valence-electron chi connectivity index (χ3n) is 3.67. The van der Waals surface area contributed by atoms with Crippen LogP contribution in [0.2, 0.25) is 0 Å². The first-order chi connectivity index (χ1) is 13.1. The van der Waals surface area contributed by atoms with Gasteiger partial charge >= 0.3 is 0 Å². The standard InChI is InChI=1S/C18H18F2N2O5S/c1-28(25,26)12-6-4-11(5-7-12)27-8-2-3-17(23)22-16-9-13(18(21)24)14(19)10-15(16)20/h4-7,9-10H,2-3,8H2,1H3,(H2,21,24)(H,22,23). The number of halogens is 2. The van der Waals surface area contributed by atoms with E-state index in [2.05, 4.69) is 5.32 Å². The maximum atomic E-state index is 13.7. The van der Waals surface area contributed by atoms with Gasteiger partial charge in [0.25, 0.3) is 5.91 Å². The number of hydrogen-bond acceptors (Lipinski definition) is 5. The van der Waals surface area contributed by atoms with E-state index in [0.29, 0.717) is 11.8 Å². The number of benzene rings is 2. The number of carbonyl (C=O) groups excluding carboxylic acids is 2. The van der Waals surface area contributed by atoms with Crippen LogP contribution in [0.25, 0.3) is 0 Å². The van der Waals surface area contributed by atoms with Crippen molar-refractivity contribution in [1.29, 1.82) is 0 Å². The topological polar surface area (TPSA) is 116 Å². The highest BCUT2D eigenvalue weighted by Gasteiger charge is 2.15. The number of rotatable bonds is 8. The first-order valence-electron chi connectivity index (χ1n) is 8.09. The van der Waals surface area contributed by atoms with E-state index in [4.69, 9.17) is 10.5 Å². The van der Waals surface area contributed by atoms with E-state index in [1.807, 2.05) is 0 Å². The predicted octanol–water partition coefficient (Wildman–Crippen LogP) is 2.26. The third kappa shape index (κ3) is 5.74. The van der Waals surface area contributed by atoms with Gasteiger partial charge in [0.1, 0.15) is 17.4 Å². The van der Waals surface area contributed by atoms with Crippen molar-refractivity contribution in [2.75, 3.05) is 18.2 Å². The Hall–Kier alpha value is -3.01. The van der Waals surface area contributed by atoms with E-state index >= 15 is 0 Å². The van der Waals surface area contributed by atoms with Crippen LogP contribution in [-0.4, -0.2) is 33.1 Å². The van der Waals surface area contributed by atoms with Gasteiger partial charge in [-0.1, -0.05) is 0 Å². The number of nitrogens with two attached hydrogens (primary N) is 1. The lowest BCUT2D eigenvalue weighted by molar-refractivity contribution is -0.116. The van der Waals surface area contributed by atoms with Crippen molar-refractivity contribution in [2.24, 2.45) is 5.73 Å². The molecular formula is C18H18F2N2O5S. The number of carbonyl (C=O) groups is 2. The Morgan fingerprint density at radius 2 is 1.75 bits per heavy atom. The SMILES string of the molecule is CS(=O)(=O)c1ccc(OCCCC(=O)Nc2cc(C(N)=O)c(F)cc2F)cc1. The van der Waals surface area contributed by atoms with E-state index in [1.165, 1.54) is 24.3 Å². The summed E-state index contributed by atoms with van der Waals surface area (Å²) >= 11 is 0. The summed E-state index contributed by atoms with van der Waals surface area (Å²) in [6.07, 6.45) is 1.35. The van der Waals surface area contributed by atoms with Gasteiger partial charge < -0.3 is 15.8 Å². The molecular weight excluding hydrogens is 394 g/mol. The molecule has 28 heavy (non-hydrogen) atoms. The molecule has 0 saturated carbocycles. The molecule has 0 saturated heterocycles. The Labute approximate surface area is 160 Å². The highest BCUT2D eigenvalue weighted by molar-refractivity contribution is 7.90. The summed E-state index contributed by atoms with van der Waals surface area (Å²) in [5, 5.41) is 2.24. The van der Waals surface area contributed by atoms with E-state index in [1.54, 1.807) is 0 Å². The lowest BCUT2D eigenvalue weighted by Gasteiger charge is -2.09. The van der Waals surface area contributed by atoms with Crippen molar-refractivity contribution in [3.8, 4) is 5.75 Å². The number of anilines is 1. The summed E-state index contributed by atoms with van der Waals surface area (Å²) in [7, 11) is -3.29. The van der Waals surface area contributed by atoms with Crippen LogP contribution in [0.1, 0.15) is 23.2 Å². The van der Waals surface area contributed by atoms with Crippen LogP contribution in [0.15, 0.2) is 41.3 Å². The van der Waals surface area contributed by atoms with Gasteiger partial charge in [-0.05, 0) is 36.8 Å². The third-order valence-corrected chi connectivity index (χ3v) is 4.79. The highest BCUT2D eigenvalue weighted by Crippen LogP contribution is 2.20. The van der Waals surface area contributed by atoms with Gasteiger partial charge in [0, 0.05) is 18.7 Å². The van der Waals surface area contributed by atoms with Crippen molar-refractivity contribution < 1.29 is 31.5 Å². The Balaban J connectivity index is 1.85. The van der Waals surface area contributed by atoms with E-state index in [0.717, 1.165) is 12.3 Å². The van der Waals surface area contributed by atoms with Crippen LogP contribution in [0.3, 0.4) is 0 Å². The largest absolute Gasteiger partial charge is 0.494 e. The molecule has 0 aliphatic rings.